The van der Waals surface area contributed by atoms with Gasteiger partial charge in [-0.1, -0.05) is 34.8 Å². The third-order valence-corrected chi connectivity index (χ3v) is 0. The first kappa shape index (κ1) is 16.7. The summed E-state index contributed by atoms with van der Waals surface area (Å²) in [6.45, 7) is 1.68. The Labute approximate surface area is 74.5 Å². The standard InChI is InChI=1S/C2H6O.CHCl3.CH2O2/c1-2-3;2-1(3)4;2-1-3/h3H,2H2,1H3;1H;1H,(H,2,3). The number of hydrogen-bond donors (Lipinski definition) is 2. The number of halogens is 3. The molecule has 0 aliphatic heterocycles. The molecule has 0 aromatic carbocycles. The molecule has 0 aliphatic carbocycles. The molecule has 0 spiro atoms. The molecule has 2 N–H and O–H groups in total. The molecule has 64 valence electrons. The second-order valence-electron chi connectivity index (χ2n) is 0.669. The minimum Gasteiger partial charge on any atom is -0.483 e. The molecule has 0 aromatic rings. The highest BCUT2D eigenvalue weighted by molar-refractivity contribution is 6.63. The number of aliphatic hydroxyl groups is 1. The first-order chi connectivity index (χ1) is 4.56. The lowest BCUT2D eigenvalue weighted by Gasteiger charge is -1.69. The average molecular weight is 211 g/mol. The van der Waals surface area contributed by atoms with Crippen molar-refractivity contribution in [1.82, 2.24) is 0 Å². The van der Waals surface area contributed by atoms with Gasteiger partial charge in [-0.15, -0.1) is 0 Å². The number of rotatable bonds is 0. The van der Waals surface area contributed by atoms with E-state index in [1.54, 1.807) is 6.92 Å². The Morgan fingerprint density at radius 2 is 1.50 bits per heavy atom. The van der Waals surface area contributed by atoms with Crippen molar-refractivity contribution in [2.45, 2.75) is 11.2 Å². The van der Waals surface area contributed by atoms with Gasteiger partial charge in [-0.25, -0.2) is 0 Å². The molecule has 0 atom stereocenters. The van der Waals surface area contributed by atoms with E-state index in [-0.39, 0.29) is 13.1 Å². The van der Waals surface area contributed by atoms with Crippen LogP contribution >= 0.6 is 34.8 Å². The Balaban J connectivity index is -0.0000000750. The van der Waals surface area contributed by atoms with Gasteiger partial charge in [0.25, 0.3) is 6.47 Å². The van der Waals surface area contributed by atoms with Crippen LogP contribution in [0.15, 0.2) is 0 Å². The summed E-state index contributed by atoms with van der Waals surface area (Å²) in [5.74, 6) is 0. The van der Waals surface area contributed by atoms with Gasteiger partial charge >= 0.3 is 0 Å². The van der Waals surface area contributed by atoms with E-state index >= 15 is 0 Å². The molecule has 0 radical (unpaired) electrons. The fourth-order valence-electron chi connectivity index (χ4n) is 0. The van der Waals surface area contributed by atoms with Crippen LogP contribution in [0.4, 0.5) is 0 Å². The Morgan fingerprint density at radius 1 is 1.50 bits per heavy atom. The van der Waals surface area contributed by atoms with Crippen molar-refractivity contribution < 1.29 is 15.0 Å². The Morgan fingerprint density at radius 3 is 1.50 bits per heavy atom. The lowest BCUT2D eigenvalue weighted by atomic mass is 10.9. The van der Waals surface area contributed by atoms with Crippen LogP contribution in [0.3, 0.4) is 0 Å². The first-order valence-electron chi connectivity index (χ1n) is 2.17. The zero-order valence-electron chi connectivity index (χ0n) is 5.30. The maximum Gasteiger partial charge on any atom is 0.290 e. The first-order valence-corrected chi connectivity index (χ1v) is 3.48. The van der Waals surface area contributed by atoms with Gasteiger partial charge in [-0.05, 0) is 6.92 Å². The molecular formula is C4H9Cl3O3. The normalized spacial score (nSPS) is 6.60. The predicted molar refractivity (Wildman–Crippen MR) is 42.8 cm³/mol. The highest BCUT2D eigenvalue weighted by atomic mass is 35.6. The van der Waals surface area contributed by atoms with Crippen LogP contribution in [-0.2, 0) is 4.79 Å². The molecule has 0 fully saturated rings. The fourth-order valence-corrected chi connectivity index (χ4v) is 0. The summed E-state index contributed by atoms with van der Waals surface area (Å²) in [6.07, 6.45) is 0. The summed E-state index contributed by atoms with van der Waals surface area (Å²) in [7, 11) is 0. The minimum absolute atomic E-state index is 0.250. The van der Waals surface area contributed by atoms with Gasteiger partial charge in [-0.2, -0.15) is 0 Å². The number of alkyl halides is 3. The van der Waals surface area contributed by atoms with Crippen LogP contribution in [0.5, 0.6) is 0 Å². The third-order valence-electron chi connectivity index (χ3n) is 0. The Kier molecular flexibility index (Phi) is 38.1. The summed E-state index contributed by atoms with van der Waals surface area (Å²) in [4.78, 5) is 8.36. The number of carbonyl (C=O) groups is 1. The number of hydrogen-bond acceptors (Lipinski definition) is 2. The minimum atomic E-state index is -0.750. The zero-order chi connectivity index (χ0) is 8.99. The van der Waals surface area contributed by atoms with Gasteiger partial charge in [-0.3, -0.25) is 4.79 Å². The SMILES string of the molecule is CCO.ClC(Cl)Cl.O=CO. The van der Waals surface area contributed by atoms with Crippen LogP contribution < -0.4 is 0 Å². The number of carboxylic acid groups (broad SMARTS) is 1. The van der Waals surface area contributed by atoms with Crippen LogP contribution in [0.2, 0.25) is 0 Å². The van der Waals surface area contributed by atoms with E-state index in [0.29, 0.717) is 0 Å². The predicted octanol–water partition coefficient (Wildman–Crippen LogP) is 1.69. The number of aliphatic hydroxyl groups excluding tert-OH is 1. The van der Waals surface area contributed by atoms with E-state index in [1.807, 2.05) is 0 Å². The van der Waals surface area contributed by atoms with E-state index in [9.17, 15) is 0 Å². The van der Waals surface area contributed by atoms with E-state index in [4.69, 9.17) is 49.8 Å². The Bertz CT molecular complexity index is 48.3. The van der Waals surface area contributed by atoms with E-state index in [0.717, 1.165) is 0 Å². The molecule has 0 saturated heterocycles. The molecule has 0 amide bonds. The smallest absolute Gasteiger partial charge is 0.290 e. The van der Waals surface area contributed by atoms with Crippen LogP contribution in [-0.4, -0.2) is 27.6 Å². The summed E-state index contributed by atoms with van der Waals surface area (Å²) < 4.78 is -0.750. The van der Waals surface area contributed by atoms with Crippen LogP contribution in [0, 0.1) is 0 Å². The molecule has 3 nitrogen and oxygen atoms in total. The largest absolute Gasteiger partial charge is 0.483 e. The van der Waals surface area contributed by atoms with Crippen molar-refractivity contribution in [2.75, 3.05) is 6.61 Å². The Hall–Kier alpha value is 0.300. The second-order valence-corrected chi connectivity index (χ2v) is 2.65. The van der Waals surface area contributed by atoms with Crippen molar-refractivity contribution in [3.8, 4) is 0 Å². The molecule has 6 heteroatoms. The quantitative estimate of drug-likeness (QED) is 0.473. The molecule has 0 unspecified atom stereocenters. The molecule has 0 heterocycles. The average Bonchev–Trinajstić information content (AvgIpc) is 1.65. The molecule has 0 rings (SSSR count). The topological polar surface area (TPSA) is 57.5 Å². The third kappa shape index (κ3) is 4910. The fraction of sp³-hybridized carbons (Fsp3) is 0.750. The molecule has 0 bridgehead atoms. The van der Waals surface area contributed by atoms with E-state index in [1.165, 1.54) is 0 Å². The van der Waals surface area contributed by atoms with Gasteiger partial charge in [0.05, 0.1) is 0 Å². The molecule has 0 aromatic heterocycles. The van der Waals surface area contributed by atoms with Crippen LogP contribution in [0.25, 0.3) is 0 Å². The monoisotopic (exact) mass is 210 g/mol. The van der Waals surface area contributed by atoms with Crippen molar-refractivity contribution >= 4 is 41.3 Å². The molecule has 0 aliphatic rings. The van der Waals surface area contributed by atoms with E-state index < -0.39 is 4.30 Å². The molecular weight excluding hydrogens is 202 g/mol. The van der Waals surface area contributed by atoms with Gasteiger partial charge in [0, 0.05) is 6.61 Å². The lowest BCUT2D eigenvalue weighted by molar-refractivity contribution is -0.122. The maximum absolute atomic E-state index is 8.36. The van der Waals surface area contributed by atoms with Crippen molar-refractivity contribution in [2.24, 2.45) is 0 Å². The molecule has 10 heavy (non-hydrogen) atoms. The van der Waals surface area contributed by atoms with E-state index in [2.05, 4.69) is 0 Å². The summed E-state index contributed by atoms with van der Waals surface area (Å²) in [5, 5.41) is 14.5. The summed E-state index contributed by atoms with van der Waals surface area (Å²) >= 11 is 14.4. The van der Waals surface area contributed by atoms with Crippen LogP contribution in [0.1, 0.15) is 6.92 Å². The summed E-state index contributed by atoms with van der Waals surface area (Å²) in [6, 6.07) is 0. The van der Waals surface area contributed by atoms with Crippen molar-refractivity contribution in [1.29, 1.82) is 0 Å². The second kappa shape index (κ2) is 22.8. The highest BCUT2D eigenvalue weighted by Crippen LogP contribution is 2.03. The maximum atomic E-state index is 8.36. The van der Waals surface area contributed by atoms with Gasteiger partial charge < -0.3 is 10.2 Å². The lowest BCUT2D eigenvalue weighted by Crippen LogP contribution is -1.57. The highest BCUT2D eigenvalue weighted by Gasteiger charge is 1.78. The van der Waals surface area contributed by atoms with Gasteiger partial charge in [0.1, 0.15) is 0 Å². The zero-order valence-corrected chi connectivity index (χ0v) is 7.57. The van der Waals surface area contributed by atoms with Crippen molar-refractivity contribution in [3.63, 3.8) is 0 Å². The van der Waals surface area contributed by atoms with Gasteiger partial charge in [0.15, 0.2) is 4.30 Å². The van der Waals surface area contributed by atoms with Gasteiger partial charge in [0.2, 0.25) is 0 Å². The van der Waals surface area contributed by atoms with Crippen molar-refractivity contribution in [3.05, 3.63) is 0 Å². The summed E-state index contributed by atoms with van der Waals surface area (Å²) in [5.41, 5.74) is 0. The molecule has 0 saturated carbocycles.